The Labute approximate surface area is 149 Å². The van der Waals surface area contributed by atoms with Crippen LogP contribution in [0.1, 0.15) is 11.4 Å². The summed E-state index contributed by atoms with van der Waals surface area (Å²) < 4.78 is 0. The van der Waals surface area contributed by atoms with Crippen LogP contribution < -0.4 is 10.9 Å². The SMILES string of the molecule is CN(CC(=O)Nc1ccc(C#N)cc1)Cc1nc2ccccc2c(=O)[nH]1. The summed E-state index contributed by atoms with van der Waals surface area (Å²) in [5, 5.41) is 12.1. The van der Waals surface area contributed by atoms with Gasteiger partial charge in [0, 0.05) is 5.69 Å². The van der Waals surface area contributed by atoms with E-state index in [4.69, 9.17) is 5.26 Å². The number of H-pyrrole nitrogens is 1. The maximum absolute atomic E-state index is 12.1. The Bertz CT molecular complexity index is 1030. The number of anilines is 1. The van der Waals surface area contributed by atoms with Gasteiger partial charge in [0.15, 0.2) is 0 Å². The lowest BCUT2D eigenvalue weighted by molar-refractivity contribution is -0.117. The van der Waals surface area contributed by atoms with Gasteiger partial charge in [0.2, 0.25) is 5.91 Å². The van der Waals surface area contributed by atoms with Crippen LogP contribution in [0.15, 0.2) is 53.3 Å². The number of carbonyl (C=O) groups excluding carboxylic acids is 1. The molecule has 0 aliphatic carbocycles. The number of hydrogen-bond acceptors (Lipinski definition) is 5. The molecule has 0 unspecified atom stereocenters. The van der Waals surface area contributed by atoms with Crippen LogP contribution in [0.4, 0.5) is 5.69 Å². The third-order valence-corrected chi connectivity index (χ3v) is 3.79. The number of benzene rings is 2. The minimum Gasteiger partial charge on any atom is -0.325 e. The second-order valence-electron chi connectivity index (χ2n) is 5.94. The third-order valence-electron chi connectivity index (χ3n) is 3.79. The first-order valence-corrected chi connectivity index (χ1v) is 8.01. The highest BCUT2D eigenvalue weighted by molar-refractivity contribution is 5.92. The number of carbonyl (C=O) groups is 1. The van der Waals surface area contributed by atoms with Crippen molar-refractivity contribution >= 4 is 22.5 Å². The molecule has 0 spiro atoms. The molecule has 1 amide bonds. The second kappa shape index (κ2) is 7.59. The Morgan fingerprint density at radius 1 is 1.23 bits per heavy atom. The number of nitrogens with one attached hydrogen (secondary N) is 2. The Balaban J connectivity index is 1.63. The van der Waals surface area contributed by atoms with Crippen LogP contribution in [0.2, 0.25) is 0 Å². The molecule has 0 aliphatic rings. The quantitative estimate of drug-likeness (QED) is 0.733. The van der Waals surface area contributed by atoms with E-state index in [0.29, 0.717) is 34.5 Å². The van der Waals surface area contributed by atoms with E-state index in [9.17, 15) is 9.59 Å². The van der Waals surface area contributed by atoms with E-state index in [-0.39, 0.29) is 18.0 Å². The van der Waals surface area contributed by atoms with Crippen molar-refractivity contribution in [3.63, 3.8) is 0 Å². The van der Waals surface area contributed by atoms with Gasteiger partial charge < -0.3 is 10.3 Å². The van der Waals surface area contributed by atoms with Crippen molar-refractivity contribution in [3.05, 3.63) is 70.3 Å². The molecule has 3 aromatic rings. The van der Waals surface area contributed by atoms with Crippen LogP contribution in [0, 0.1) is 11.3 Å². The largest absolute Gasteiger partial charge is 0.325 e. The van der Waals surface area contributed by atoms with Crippen LogP contribution in [-0.4, -0.2) is 34.4 Å². The first-order chi connectivity index (χ1) is 12.5. The van der Waals surface area contributed by atoms with Crippen LogP contribution in [0.3, 0.4) is 0 Å². The molecule has 2 N–H and O–H groups in total. The normalized spacial score (nSPS) is 10.7. The van der Waals surface area contributed by atoms with Crippen molar-refractivity contribution in [1.29, 1.82) is 5.26 Å². The van der Waals surface area contributed by atoms with Crippen molar-refractivity contribution in [2.45, 2.75) is 6.54 Å². The van der Waals surface area contributed by atoms with E-state index in [1.165, 1.54) is 0 Å². The zero-order valence-electron chi connectivity index (χ0n) is 14.2. The molecule has 0 radical (unpaired) electrons. The molecule has 0 saturated heterocycles. The summed E-state index contributed by atoms with van der Waals surface area (Å²) in [6, 6.07) is 15.8. The van der Waals surface area contributed by atoms with Gasteiger partial charge >= 0.3 is 0 Å². The molecule has 26 heavy (non-hydrogen) atoms. The zero-order valence-corrected chi connectivity index (χ0v) is 14.2. The molecule has 1 aromatic heterocycles. The lowest BCUT2D eigenvalue weighted by atomic mass is 10.2. The zero-order chi connectivity index (χ0) is 18.5. The number of nitrogens with zero attached hydrogens (tertiary/aromatic N) is 3. The van der Waals surface area contributed by atoms with E-state index < -0.39 is 0 Å². The molecule has 130 valence electrons. The van der Waals surface area contributed by atoms with Crippen molar-refractivity contribution in [2.75, 3.05) is 18.9 Å². The molecule has 2 aromatic carbocycles. The summed E-state index contributed by atoms with van der Waals surface area (Å²) in [5.74, 6) is 0.308. The number of hydrogen-bond donors (Lipinski definition) is 2. The molecule has 0 atom stereocenters. The molecule has 0 bridgehead atoms. The van der Waals surface area contributed by atoms with Crippen LogP contribution in [0.25, 0.3) is 10.9 Å². The van der Waals surface area contributed by atoms with E-state index in [1.54, 1.807) is 54.4 Å². The fraction of sp³-hybridized carbons (Fsp3) is 0.158. The Kier molecular flexibility index (Phi) is 5.06. The van der Waals surface area contributed by atoms with Crippen molar-refractivity contribution in [2.24, 2.45) is 0 Å². The Morgan fingerprint density at radius 2 is 1.96 bits per heavy atom. The summed E-state index contributed by atoms with van der Waals surface area (Å²) in [4.78, 5) is 33.1. The highest BCUT2D eigenvalue weighted by Crippen LogP contribution is 2.09. The molecular weight excluding hydrogens is 330 g/mol. The van der Waals surface area contributed by atoms with Crippen molar-refractivity contribution < 1.29 is 4.79 Å². The molecular formula is C19H17N5O2. The van der Waals surface area contributed by atoms with E-state index in [0.717, 1.165) is 0 Å². The minimum atomic E-state index is -0.194. The van der Waals surface area contributed by atoms with Crippen molar-refractivity contribution in [3.8, 4) is 6.07 Å². The van der Waals surface area contributed by atoms with Crippen LogP contribution in [-0.2, 0) is 11.3 Å². The summed E-state index contributed by atoms with van der Waals surface area (Å²) in [7, 11) is 1.77. The smallest absolute Gasteiger partial charge is 0.258 e. The minimum absolute atomic E-state index is 0.135. The fourth-order valence-corrected chi connectivity index (χ4v) is 2.60. The Hall–Kier alpha value is -3.50. The number of nitriles is 1. The molecule has 0 aliphatic heterocycles. The van der Waals surface area contributed by atoms with E-state index >= 15 is 0 Å². The van der Waals surface area contributed by atoms with Gasteiger partial charge in [0.1, 0.15) is 5.82 Å². The first-order valence-electron chi connectivity index (χ1n) is 8.01. The van der Waals surface area contributed by atoms with Gasteiger partial charge in [0.25, 0.3) is 5.56 Å². The van der Waals surface area contributed by atoms with Crippen molar-refractivity contribution in [1.82, 2.24) is 14.9 Å². The monoisotopic (exact) mass is 347 g/mol. The number of fused-ring (bicyclic) bond motifs is 1. The summed E-state index contributed by atoms with van der Waals surface area (Å²) in [5.41, 5.74) is 1.59. The highest BCUT2D eigenvalue weighted by atomic mass is 16.2. The second-order valence-corrected chi connectivity index (χ2v) is 5.94. The molecule has 0 saturated carbocycles. The molecule has 7 nitrogen and oxygen atoms in total. The number of aromatic amines is 1. The number of rotatable bonds is 5. The average Bonchev–Trinajstić information content (AvgIpc) is 2.62. The van der Waals surface area contributed by atoms with E-state index in [1.807, 2.05) is 12.1 Å². The highest BCUT2D eigenvalue weighted by Gasteiger charge is 2.10. The molecule has 1 heterocycles. The molecule has 3 rings (SSSR count). The van der Waals surface area contributed by atoms with Gasteiger partial charge in [-0.05, 0) is 43.4 Å². The van der Waals surface area contributed by atoms with Gasteiger partial charge in [-0.25, -0.2) is 4.98 Å². The van der Waals surface area contributed by atoms with Gasteiger partial charge in [-0.2, -0.15) is 5.26 Å². The van der Waals surface area contributed by atoms with Gasteiger partial charge in [-0.15, -0.1) is 0 Å². The maximum atomic E-state index is 12.1. The van der Waals surface area contributed by atoms with Gasteiger partial charge in [-0.1, -0.05) is 12.1 Å². The predicted octanol–water partition coefficient (Wildman–Crippen LogP) is 1.87. The Morgan fingerprint density at radius 3 is 2.69 bits per heavy atom. The third kappa shape index (κ3) is 4.12. The summed E-state index contributed by atoms with van der Waals surface area (Å²) >= 11 is 0. The first kappa shape index (κ1) is 17.3. The number of likely N-dealkylation sites (N-methyl/N-ethyl adjacent to an activating group) is 1. The van der Waals surface area contributed by atoms with Gasteiger partial charge in [-0.3, -0.25) is 14.5 Å². The number of para-hydroxylation sites is 1. The predicted molar refractivity (Wildman–Crippen MR) is 98.5 cm³/mol. The molecule has 7 heteroatoms. The number of aromatic nitrogens is 2. The molecule has 0 fully saturated rings. The average molecular weight is 347 g/mol. The van der Waals surface area contributed by atoms with E-state index in [2.05, 4.69) is 15.3 Å². The van der Waals surface area contributed by atoms with Crippen LogP contribution in [0.5, 0.6) is 0 Å². The number of amides is 1. The topological polar surface area (TPSA) is 102 Å². The van der Waals surface area contributed by atoms with Crippen LogP contribution >= 0.6 is 0 Å². The summed E-state index contributed by atoms with van der Waals surface area (Å²) in [6.07, 6.45) is 0. The lowest BCUT2D eigenvalue weighted by Gasteiger charge is -2.16. The lowest BCUT2D eigenvalue weighted by Crippen LogP contribution is -2.31. The summed E-state index contributed by atoms with van der Waals surface area (Å²) in [6.45, 7) is 0.470. The maximum Gasteiger partial charge on any atom is 0.258 e. The standard InChI is InChI=1S/C19H17N5O2/c1-24(12-18(25)21-14-8-6-13(10-20)7-9-14)11-17-22-16-5-3-2-4-15(16)19(26)23-17/h2-9H,11-12H2,1H3,(H,21,25)(H,22,23,26). The fourth-order valence-electron chi connectivity index (χ4n) is 2.60. The van der Waals surface area contributed by atoms with Gasteiger partial charge in [0.05, 0.1) is 35.6 Å².